The summed E-state index contributed by atoms with van der Waals surface area (Å²) < 4.78 is 15.5. The van der Waals surface area contributed by atoms with Crippen molar-refractivity contribution < 1.29 is 52.6 Å². The van der Waals surface area contributed by atoms with Crippen LogP contribution >= 0.6 is 0 Å². The SMILES string of the molecule is C/C(=C\[C@H](C(C)C)N(C)C(=O)[C@@H](CC(=O)[C@@H](N(C)C(=O)OCc1ccc(NC(=O)[C@H](C)CC(=O)[C@@H](N)C(C)C)cc1)C(C)(C)c1ccccc1)C(C)(C)C)C(=O)C[C@H](CCOC=O)OC=O. The second-order valence-electron chi connectivity index (χ2n) is 19.5. The fourth-order valence-electron chi connectivity index (χ4n) is 7.81. The number of nitrogens with zero attached hydrogens (tertiary/aromatic N) is 2. The Balaban J connectivity index is 2.36. The molecule has 0 aliphatic rings. The van der Waals surface area contributed by atoms with Gasteiger partial charge in [-0.15, -0.1) is 0 Å². The number of allylic oxidation sites excluding steroid dienone is 1. The van der Waals surface area contributed by atoms with Crippen LogP contribution in [0.4, 0.5) is 10.5 Å². The summed E-state index contributed by atoms with van der Waals surface area (Å²) in [6.07, 6.45) is -0.0655. The van der Waals surface area contributed by atoms with Gasteiger partial charge in [0.05, 0.1) is 18.7 Å². The number of carbonyl (C=O) groups is 8. The second kappa shape index (κ2) is 25.9. The van der Waals surface area contributed by atoms with Crippen molar-refractivity contribution in [2.45, 2.75) is 138 Å². The third kappa shape index (κ3) is 16.6. The maximum Gasteiger partial charge on any atom is 0.410 e. The van der Waals surface area contributed by atoms with E-state index in [1.807, 2.05) is 92.6 Å². The molecule has 3 N–H and O–H groups in total. The highest BCUT2D eigenvalue weighted by Gasteiger charge is 2.45. The number of ketones is 3. The minimum Gasteiger partial charge on any atom is -0.468 e. The van der Waals surface area contributed by atoms with Crippen molar-refractivity contribution in [3.8, 4) is 0 Å². The van der Waals surface area contributed by atoms with Gasteiger partial charge < -0.3 is 35.1 Å². The highest BCUT2D eigenvalue weighted by molar-refractivity contribution is 5.97. The Labute approximate surface area is 391 Å². The van der Waals surface area contributed by atoms with Crippen LogP contribution < -0.4 is 11.1 Å². The molecule has 66 heavy (non-hydrogen) atoms. The van der Waals surface area contributed by atoms with E-state index >= 15 is 0 Å². The fourth-order valence-corrected chi connectivity index (χ4v) is 7.81. The molecule has 2 aromatic rings. The summed E-state index contributed by atoms with van der Waals surface area (Å²) in [6.45, 7) is 20.6. The zero-order valence-electron chi connectivity index (χ0n) is 41.3. The van der Waals surface area contributed by atoms with E-state index in [0.29, 0.717) is 16.8 Å². The lowest BCUT2D eigenvalue weighted by Crippen LogP contribution is -2.55. The van der Waals surface area contributed by atoms with Gasteiger partial charge in [-0.1, -0.05) is 118 Å². The Bertz CT molecular complexity index is 1990. The van der Waals surface area contributed by atoms with E-state index in [2.05, 4.69) is 5.32 Å². The number of carbonyl (C=O) groups excluding carboxylic acids is 8. The molecule has 0 unspecified atom stereocenters. The number of hydrogen-bond acceptors (Lipinski definition) is 12. The topological polar surface area (TPSA) is 209 Å². The van der Waals surface area contributed by atoms with Crippen LogP contribution in [-0.4, -0.2) is 103 Å². The molecule has 6 atom stereocenters. The van der Waals surface area contributed by atoms with E-state index in [4.69, 9.17) is 19.9 Å². The Hall–Kier alpha value is -5.70. The van der Waals surface area contributed by atoms with Gasteiger partial charge in [-0.05, 0) is 53.0 Å². The Kier molecular flexibility index (Phi) is 22.1. The molecule has 2 rings (SSSR count). The van der Waals surface area contributed by atoms with Gasteiger partial charge in [0, 0.05) is 62.7 Å². The molecule has 0 saturated carbocycles. The Morgan fingerprint density at radius 2 is 1.38 bits per heavy atom. The first-order valence-corrected chi connectivity index (χ1v) is 22.6. The first-order chi connectivity index (χ1) is 30.8. The van der Waals surface area contributed by atoms with E-state index in [-0.39, 0.29) is 92.8 Å². The minimum atomic E-state index is -1.07. The number of rotatable bonds is 27. The zero-order chi connectivity index (χ0) is 50.1. The molecule has 0 aromatic heterocycles. The molecular weight excluding hydrogens is 845 g/mol. The molecule has 3 amide bonds. The summed E-state index contributed by atoms with van der Waals surface area (Å²) in [4.78, 5) is 107. The van der Waals surface area contributed by atoms with Crippen LogP contribution in [0.1, 0.15) is 113 Å². The molecule has 0 aliphatic heterocycles. The highest BCUT2D eigenvalue weighted by Crippen LogP contribution is 2.37. The normalized spacial score (nSPS) is 14.8. The molecule has 0 saturated heterocycles. The van der Waals surface area contributed by atoms with E-state index in [1.165, 1.54) is 11.9 Å². The number of nitrogens with one attached hydrogen (secondary N) is 1. The van der Waals surface area contributed by atoms with Crippen molar-refractivity contribution in [1.82, 2.24) is 9.80 Å². The monoisotopic (exact) mass is 919 g/mol. The summed E-state index contributed by atoms with van der Waals surface area (Å²) in [7, 11) is 3.15. The van der Waals surface area contributed by atoms with Crippen LogP contribution in [0.15, 0.2) is 66.2 Å². The third-order valence-electron chi connectivity index (χ3n) is 12.2. The first-order valence-electron chi connectivity index (χ1n) is 22.6. The van der Waals surface area contributed by atoms with Gasteiger partial charge in [0.2, 0.25) is 11.8 Å². The predicted molar refractivity (Wildman–Crippen MR) is 253 cm³/mol. The van der Waals surface area contributed by atoms with Crippen molar-refractivity contribution in [3.05, 3.63) is 77.4 Å². The number of amides is 3. The molecule has 0 spiro atoms. The number of anilines is 1. The standard InChI is InChI=1S/C51H74N4O11/c1-32(2)41(25-34(5)42(58)27-39(66-31-57)23-24-64-30-56)54(12)48(62)40(50(7,8)9)28-44(60)46(51(10,11)37-17-15-14-16-18-37)55(13)49(63)65-29-36-19-21-38(22-20-36)53-47(61)35(6)26-43(59)45(52)33(3)4/h14-22,25,30-33,35,39-41,45-46H,23-24,26-29,52H2,1-13H3,(H,53,61)/b34-25+/t35-,39+,40-,41-,45+,46-/m1/s1. The summed E-state index contributed by atoms with van der Waals surface area (Å²) in [5, 5.41) is 2.81. The van der Waals surface area contributed by atoms with Crippen molar-refractivity contribution in [1.29, 1.82) is 0 Å². The molecule has 0 fully saturated rings. The Morgan fingerprint density at radius 1 is 0.773 bits per heavy atom. The molecule has 0 bridgehead atoms. The van der Waals surface area contributed by atoms with Crippen LogP contribution in [0.5, 0.6) is 0 Å². The minimum absolute atomic E-state index is 0.0212. The number of nitrogens with two attached hydrogens (primary N) is 1. The van der Waals surface area contributed by atoms with Gasteiger partial charge in [0.15, 0.2) is 17.3 Å². The maximum atomic E-state index is 14.9. The van der Waals surface area contributed by atoms with Crippen LogP contribution in [0.3, 0.4) is 0 Å². The van der Waals surface area contributed by atoms with Gasteiger partial charge in [-0.25, -0.2) is 4.79 Å². The highest BCUT2D eigenvalue weighted by atomic mass is 16.6. The smallest absolute Gasteiger partial charge is 0.410 e. The lowest BCUT2D eigenvalue weighted by Gasteiger charge is -2.41. The van der Waals surface area contributed by atoms with E-state index in [0.717, 1.165) is 5.56 Å². The van der Waals surface area contributed by atoms with Crippen molar-refractivity contribution in [2.75, 3.05) is 26.0 Å². The zero-order valence-corrected chi connectivity index (χ0v) is 41.3. The maximum absolute atomic E-state index is 14.9. The molecule has 15 nitrogen and oxygen atoms in total. The second-order valence-corrected chi connectivity index (χ2v) is 19.5. The average Bonchev–Trinajstić information content (AvgIpc) is 3.25. The first kappa shape index (κ1) is 56.4. The van der Waals surface area contributed by atoms with Gasteiger partial charge in [0.1, 0.15) is 18.8 Å². The summed E-state index contributed by atoms with van der Waals surface area (Å²) in [5.41, 5.74) is 6.56. The van der Waals surface area contributed by atoms with Gasteiger partial charge in [-0.3, -0.25) is 33.6 Å². The number of ether oxygens (including phenoxy) is 3. The molecule has 0 heterocycles. The quantitative estimate of drug-likeness (QED) is 0.0394. The van der Waals surface area contributed by atoms with Crippen LogP contribution in [0.2, 0.25) is 0 Å². The predicted octanol–water partition coefficient (Wildman–Crippen LogP) is 7.23. The van der Waals surface area contributed by atoms with Crippen molar-refractivity contribution >= 4 is 53.9 Å². The van der Waals surface area contributed by atoms with Gasteiger partial charge >= 0.3 is 6.09 Å². The number of Topliss-reactive ketones (excluding diaryl/α,β-unsaturated/α-hetero) is 3. The molecule has 15 heteroatoms. The summed E-state index contributed by atoms with van der Waals surface area (Å²) >= 11 is 0. The van der Waals surface area contributed by atoms with Crippen molar-refractivity contribution in [2.24, 2.45) is 34.8 Å². The van der Waals surface area contributed by atoms with Crippen LogP contribution in [0.25, 0.3) is 0 Å². The molecular formula is C51H74N4O11. The van der Waals surface area contributed by atoms with E-state index < -0.39 is 53.0 Å². The van der Waals surface area contributed by atoms with E-state index in [1.54, 1.807) is 56.1 Å². The number of likely N-dealkylation sites (N-methyl/N-ethyl adjacent to an activating group) is 2. The van der Waals surface area contributed by atoms with Gasteiger partial charge in [0.25, 0.3) is 12.9 Å². The van der Waals surface area contributed by atoms with Crippen molar-refractivity contribution in [3.63, 3.8) is 0 Å². The molecule has 364 valence electrons. The summed E-state index contributed by atoms with van der Waals surface area (Å²) in [6, 6.07) is 13.8. The average molecular weight is 919 g/mol. The fraction of sp³-hybridized carbons (Fsp3) is 0.569. The van der Waals surface area contributed by atoms with Crippen LogP contribution in [0, 0.1) is 29.1 Å². The largest absolute Gasteiger partial charge is 0.468 e. The van der Waals surface area contributed by atoms with Gasteiger partial charge in [-0.2, -0.15) is 0 Å². The molecule has 2 aromatic carbocycles. The number of benzene rings is 2. The lowest BCUT2D eigenvalue weighted by molar-refractivity contribution is -0.144. The van der Waals surface area contributed by atoms with E-state index in [9.17, 15) is 38.4 Å². The van der Waals surface area contributed by atoms with Crippen LogP contribution in [-0.2, 0) is 59.8 Å². The molecule has 0 aliphatic carbocycles. The molecule has 0 radical (unpaired) electrons. The lowest BCUT2D eigenvalue weighted by atomic mass is 9.71. The Morgan fingerprint density at radius 3 is 1.91 bits per heavy atom. The summed E-state index contributed by atoms with van der Waals surface area (Å²) in [5.74, 6) is -3.11. The third-order valence-corrected chi connectivity index (χ3v) is 12.2. The number of hydrogen-bond donors (Lipinski definition) is 2.